The maximum atomic E-state index is 4.68. The Bertz CT molecular complexity index is 250. The van der Waals surface area contributed by atoms with Crippen molar-refractivity contribution >= 4 is 29.9 Å². The van der Waals surface area contributed by atoms with Crippen LogP contribution in [0.15, 0.2) is 4.99 Å². The van der Waals surface area contributed by atoms with Gasteiger partial charge in [-0.25, -0.2) is 0 Å². The molecule has 1 atom stereocenters. The number of hydrogen-bond donors (Lipinski definition) is 2. The summed E-state index contributed by atoms with van der Waals surface area (Å²) in [6.07, 6.45) is 6.64. The first-order valence-corrected chi connectivity index (χ1v) is 8.03. The van der Waals surface area contributed by atoms with Gasteiger partial charge in [-0.15, -0.1) is 24.0 Å². The SMILES string of the molecule is CCNC(=NCCN1CCCCCC1)NC(C)CC.I. The molecule has 1 rings (SSSR count). The van der Waals surface area contributed by atoms with Gasteiger partial charge in [0.2, 0.25) is 0 Å². The third-order valence-corrected chi connectivity index (χ3v) is 3.72. The van der Waals surface area contributed by atoms with Crippen LogP contribution in [0.3, 0.4) is 0 Å². The Morgan fingerprint density at radius 1 is 1.15 bits per heavy atom. The van der Waals surface area contributed by atoms with Crippen molar-refractivity contribution in [1.29, 1.82) is 0 Å². The van der Waals surface area contributed by atoms with E-state index < -0.39 is 0 Å². The van der Waals surface area contributed by atoms with Crippen molar-refractivity contribution < 1.29 is 0 Å². The van der Waals surface area contributed by atoms with Gasteiger partial charge < -0.3 is 15.5 Å². The molecule has 0 aliphatic carbocycles. The molecule has 5 heteroatoms. The van der Waals surface area contributed by atoms with Gasteiger partial charge in [0.05, 0.1) is 6.54 Å². The van der Waals surface area contributed by atoms with Crippen LogP contribution in [0.1, 0.15) is 52.9 Å². The van der Waals surface area contributed by atoms with Crippen molar-refractivity contribution in [2.45, 2.75) is 58.9 Å². The Hall–Kier alpha value is -0.0400. The Morgan fingerprint density at radius 3 is 2.35 bits per heavy atom. The Labute approximate surface area is 142 Å². The van der Waals surface area contributed by atoms with Crippen LogP contribution in [0.4, 0.5) is 0 Å². The van der Waals surface area contributed by atoms with Crippen molar-refractivity contribution in [1.82, 2.24) is 15.5 Å². The average molecular weight is 396 g/mol. The first-order valence-electron chi connectivity index (χ1n) is 8.03. The zero-order valence-electron chi connectivity index (χ0n) is 13.5. The molecule has 0 radical (unpaired) electrons. The molecule has 1 saturated heterocycles. The molecule has 0 saturated carbocycles. The van der Waals surface area contributed by atoms with E-state index >= 15 is 0 Å². The lowest BCUT2D eigenvalue weighted by atomic mass is 10.2. The van der Waals surface area contributed by atoms with Crippen LogP contribution in [0, 0.1) is 0 Å². The minimum atomic E-state index is 0. The number of halogens is 1. The van der Waals surface area contributed by atoms with Crippen molar-refractivity contribution in [2.75, 3.05) is 32.7 Å². The van der Waals surface area contributed by atoms with E-state index in [2.05, 4.69) is 41.3 Å². The van der Waals surface area contributed by atoms with Crippen LogP contribution in [0.2, 0.25) is 0 Å². The molecule has 0 aromatic heterocycles. The van der Waals surface area contributed by atoms with Gasteiger partial charge in [0.1, 0.15) is 0 Å². The van der Waals surface area contributed by atoms with Crippen molar-refractivity contribution in [2.24, 2.45) is 4.99 Å². The van der Waals surface area contributed by atoms with Gasteiger partial charge in [-0.1, -0.05) is 19.8 Å². The van der Waals surface area contributed by atoms with E-state index in [1.54, 1.807) is 0 Å². The second kappa shape index (κ2) is 12.7. The molecular weight excluding hydrogens is 363 g/mol. The summed E-state index contributed by atoms with van der Waals surface area (Å²) < 4.78 is 0. The second-order valence-corrected chi connectivity index (χ2v) is 5.47. The van der Waals surface area contributed by atoms with Gasteiger partial charge in [-0.3, -0.25) is 4.99 Å². The first-order chi connectivity index (χ1) is 9.26. The summed E-state index contributed by atoms with van der Waals surface area (Å²) in [7, 11) is 0. The number of hydrogen-bond acceptors (Lipinski definition) is 2. The first kappa shape index (κ1) is 20.0. The van der Waals surface area contributed by atoms with Crippen LogP contribution in [0.25, 0.3) is 0 Å². The minimum Gasteiger partial charge on any atom is -0.357 e. The summed E-state index contributed by atoms with van der Waals surface area (Å²) in [5.41, 5.74) is 0. The van der Waals surface area contributed by atoms with E-state index in [9.17, 15) is 0 Å². The highest BCUT2D eigenvalue weighted by atomic mass is 127. The molecule has 2 N–H and O–H groups in total. The van der Waals surface area contributed by atoms with E-state index in [0.29, 0.717) is 6.04 Å². The standard InChI is InChI=1S/C15H32N4.HI/c1-4-14(3)18-15(16-5-2)17-10-13-19-11-8-6-7-9-12-19;/h14H,4-13H2,1-3H3,(H2,16,17,18);1H. The monoisotopic (exact) mass is 396 g/mol. The Balaban J connectivity index is 0.00000361. The summed E-state index contributed by atoms with van der Waals surface area (Å²) >= 11 is 0. The van der Waals surface area contributed by atoms with Gasteiger partial charge in [0.25, 0.3) is 0 Å². The van der Waals surface area contributed by atoms with E-state index in [1.807, 2.05) is 0 Å². The number of rotatable bonds is 6. The highest BCUT2D eigenvalue weighted by Crippen LogP contribution is 2.08. The highest BCUT2D eigenvalue weighted by Gasteiger charge is 2.08. The van der Waals surface area contributed by atoms with Gasteiger partial charge in [-0.05, 0) is 46.2 Å². The van der Waals surface area contributed by atoms with E-state index in [1.165, 1.54) is 38.8 Å². The minimum absolute atomic E-state index is 0. The molecule has 0 amide bonds. The molecule has 20 heavy (non-hydrogen) atoms. The average Bonchev–Trinajstić information content (AvgIpc) is 2.67. The zero-order chi connectivity index (χ0) is 13.9. The number of guanidine groups is 1. The maximum absolute atomic E-state index is 4.68. The second-order valence-electron chi connectivity index (χ2n) is 5.47. The summed E-state index contributed by atoms with van der Waals surface area (Å²) in [5.74, 6) is 0.965. The molecule has 0 spiro atoms. The molecule has 1 fully saturated rings. The fourth-order valence-corrected chi connectivity index (χ4v) is 2.32. The molecule has 120 valence electrons. The van der Waals surface area contributed by atoms with Crippen LogP contribution < -0.4 is 10.6 Å². The Morgan fingerprint density at radius 2 is 1.80 bits per heavy atom. The lowest BCUT2D eigenvalue weighted by Crippen LogP contribution is -2.42. The van der Waals surface area contributed by atoms with Crippen molar-refractivity contribution in [3.63, 3.8) is 0 Å². The number of aliphatic imine (C=N–C) groups is 1. The fraction of sp³-hybridized carbons (Fsp3) is 0.933. The fourth-order valence-electron chi connectivity index (χ4n) is 2.32. The molecule has 0 bridgehead atoms. The van der Waals surface area contributed by atoms with E-state index in [-0.39, 0.29) is 24.0 Å². The third-order valence-electron chi connectivity index (χ3n) is 3.72. The number of nitrogens with zero attached hydrogens (tertiary/aromatic N) is 2. The lowest BCUT2D eigenvalue weighted by molar-refractivity contribution is 0.293. The predicted molar refractivity (Wildman–Crippen MR) is 99.2 cm³/mol. The Kier molecular flexibility index (Phi) is 12.7. The molecule has 4 nitrogen and oxygen atoms in total. The summed E-state index contributed by atoms with van der Waals surface area (Å²) in [4.78, 5) is 7.24. The maximum Gasteiger partial charge on any atom is 0.191 e. The van der Waals surface area contributed by atoms with Crippen LogP contribution in [-0.4, -0.2) is 49.6 Å². The molecule has 1 aliphatic heterocycles. The van der Waals surface area contributed by atoms with E-state index in [4.69, 9.17) is 0 Å². The highest BCUT2D eigenvalue weighted by molar-refractivity contribution is 14.0. The number of nitrogens with one attached hydrogen (secondary N) is 2. The smallest absolute Gasteiger partial charge is 0.191 e. The van der Waals surface area contributed by atoms with Gasteiger partial charge in [0, 0.05) is 19.1 Å². The summed E-state index contributed by atoms with van der Waals surface area (Å²) in [5, 5.41) is 6.76. The van der Waals surface area contributed by atoms with Crippen LogP contribution in [-0.2, 0) is 0 Å². The topological polar surface area (TPSA) is 39.7 Å². The van der Waals surface area contributed by atoms with Gasteiger partial charge in [-0.2, -0.15) is 0 Å². The lowest BCUT2D eigenvalue weighted by Gasteiger charge is -2.20. The molecule has 0 aromatic carbocycles. The molecule has 1 aliphatic rings. The molecule has 1 heterocycles. The van der Waals surface area contributed by atoms with Crippen molar-refractivity contribution in [3.05, 3.63) is 0 Å². The predicted octanol–water partition coefficient (Wildman–Crippen LogP) is 2.83. The van der Waals surface area contributed by atoms with Gasteiger partial charge >= 0.3 is 0 Å². The number of likely N-dealkylation sites (tertiary alicyclic amines) is 1. The quantitative estimate of drug-likeness (QED) is 0.412. The third kappa shape index (κ3) is 9.00. The molecule has 1 unspecified atom stereocenters. The van der Waals surface area contributed by atoms with Gasteiger partial charge in [0.15, 0.2) is 5.96 Å². The largest absolute Gasteiger partial charge is 0.357 e. The van der Waals surface area contributed by atoms with Crippen molar-refractivity contribution in [3.8, 4) is 0 Å². The summed E-state index contributed by atoms with van der Waals surface area (Å²) in [6.45, 7) is 11.9. The summed E-state index contributed by atoms with van der Waals surface area (Å²) in [6, 6.07) is 0.482. The van der Waals surface area contributed by atoms with Crippen LogP contribution >= 0.6 is 24.0 Å². The van der Waals surface area contributed by atoms with E-state index in [0.717, 1.165) is 32.0 Å². The molecule has 0 aromatic rings. The van der Waals surface area contributed by atoms with Crippen LogP contribution in [0.5, 0.6) is 0 Å². The molecular formula is C15H33IN4. The normalized spacial score (nSPS) is 18.9. The zero-order valence-corrected chi connectivity index (χ0v) is 15.8.